The number of nitrogens with zero attached hydrogens (tertiary/aromatic N) is 1. The lowest BCUT2D eigenvalue weighted by atomic mass is 10.2. The minimum absolute atomic E-state index is 0. The second kappa shape index (κ2) is 12.5. The van der Waals surface area contributed by atoms with Crippen LogP contribution in [0.2, 0.25) is 0 Å². The van der Waals surface area contributed by atoms with Crippen molar-refractivity contribution in [3.63, 3.8) is 0 Å². The number of halogens is 2. The molecule has 1 saturated carbocycles. The fourth-order valence-electron chi connectivity index (χ4n) is 2.79. The fourth-order valence-corrected chi connectivity index (χ4v) is 3.19. The van der Waals surface area contributed by atoms with E-state index in [2.05, 4.69) is 43.8 Å². The topological polar surface area (TPSA) is 65.5 Å². The van der Waals surface area contributed by atoms with E-state index in [1.807, 2.05) is 24.3 Å². The molecule has 0 radical (unpaired) electrons. The number of hydrogen-bond acceptors (Lipinski definition) is 2. The van der Waals surface area contributed by atoms with E-state index in [0.717, 1.165) is 23.4 Å². The van der Waals surface area contributed by atoms with Gasteiger partial charge in [-0.3, -0.25) is 9.79 Å². The third-order valence-corrected chi connectivity index (χ3v) is 4.51. The maximum Gasteiger partial charge on any atom is 0.251 e. The zero-order valence-electron chi connectivity index (χ0n) is 14.7. The molecule has 0 unspecified atom stereocenters. The largest absolute Gasteiger partial charge is 0.357 e. The maximum absolute atomic E-state index is 12.0. The first kappa shape index (κ1) is 22.2. The SMILES string of the molecule is CCNC(=NCCCNC(=O)c1cccc(Br)c1)NC1CCCC1.I. The molecule has 1 aliphatic rings. The number of aliphatic imine (C=N–C) groups is 1. The predicted octanol–water partition coefficient (Wildman–Crippen LogP) is 3.68. The van der Waals surface area contributed by atoms with Crippen LogP contribution in [0.4, 0.5) is 0 Å². The van der Waals surface area contributed by atoms with Crippen LogP contribution >= 0.6 is 39.9 Å². The van der Waals surface area contributed by atoms with E-state index in [-0.39, 0.29) is 29.9 Å². The van der Waals surface area contributed by atoms with Crippen LogP contribution in [0.3, 0.4) is 0 Å². The summed E-state index contributed by atoms with van der Waals surface area (Å²) in [6.07, 6.45) is 5.89. The Morgan fingerprint density at radius 1 is 1.28 bits per heavy atom. The van der Waals surface area contributed by atoms with Gasteiger partial charge in [-0.2, -0.15) is 0 Å². The molecule has 0 atom stereocenters. The number of rotatable bonds is 7. The van der Waals surface area contributed by atoms with Gasteiger partial charge in [0.2, 0.25) is 0 Å². The Hall–Kier alpha value is -0.830. The highest BCUT2D eigenvalue weighted by Gasteiger charge is 2.15. The molecule has 7 heteroatoms. The lowest BCUT2D eigenvalue weighted by molar-refractivity contribution is 0.0953. The van der Waals surface area contributed by atoms with Crippen molar-refractivity contribution in [3.05, 3.63) is 34.3 Å². The van der Waals surface area contributed by atoms with E-state index >= 15 is 0 Å². The number of carbonyl (C=O) groups excluding carboxylic acids is 1. The van der Waals surface area contributed by atoms with Crippen LogP contribution in [0.1, 0.15) is 49.4 Å². The first-order chi connectivity index (χ1) is 11.7. The van der Waals surface area contributed by atoms with Gasteiger partial charge in [-0.15, -0.1) is 24.0 Å². The smallest absolute Gasteiger partial charge is 0.251 e. The van der Waals surface area contributed by atoms with E-state index in [0.29, 0.717) is 24.7 Å². The zero-order chi connectivity index (χ0) is 17.2. The van der Waals surface area contributed by atoms with Crippen molar-refractivity contribution < 1.29 is 4.79 Å². The third kappa shape index (κ3) is 8.40. The van der Waals surface area contributed by atoms with Crippen LogP contribution in [0.5, 0.6) is 0 Å². The monoisotopic (exact) mass is 522 g/mol. The lowest BCUT2D eigenvalue weighted by Crippen LogP contribution is -2.42. The van der Waals surface area contributed by atoms with Gasteiger partial charge in [-0.05, 0) is 44.4 Å². The normalized spacial score (nSPS) is 14.7. The number of nitrogens with one attached hydrogen (secondary N) is 3. The summed E-state index contributed by atoms with van der Waals surface area (Å²) in [7, 11) is 0. The molecule has 1 aliphatic carbocycles. The number of hydrogen-bond donors (Lipinski definition) is 3. The second-order valence-corrected chi connectivity index (χ2v) is 6.92. The van der Waals surface area contributed by atoms with Crippen LogP contribution in [0.25, 0.3) is 0 Å². The number of guanidine groups is 1. The highest BCUT2D eigenvalue weighted by Crippen LogP contribution is 2.17. The Labute approximate surface area is 176 Å². The summed E-state index contributed by atoms with van der Waals surface area (Å²) in [5.41, 5.74) is 0.670. The van der Waals surface area contributed by atoms with Crippen molar-refractivity contribution in [3.8, 4) is 0 Å². The molecule has 2 rings (SSSR count). The molecule has 1 aromatic carbocycles. The first-order valence-electron chi connectivity index (χ1n) is 8.77. The zero-order valence-corrected chi connectivity index (χ0v) is 18.6. The Morgan fingerprint density at radius 2 is 2.04 bits per heavy atom. The number of benzene rings is 1. The molecule has 5 nitrogen and oxygen atoms in total. The average molecular weight is 523 g/mol. The van der Waals surface area contributed by atoms with Crippen LogP contribution in [0.15, 0.2) is 33.7 Å². The van der Waals surface area contributed by atoms with Gasteiger partial charge in [-0.25, -0.2) is 0 Å². The van der Waals surface area contributed by atoms with Crippen molar-refractivity contribution in [2.45, 2.75) is 45.1 Å². The van der Waals surface area contributed by atoms with Gasteiger partial charge in [0, 0.05) is 35.7 Å². The summed E-state index contributed by atoms with van der Waals surface area (Å²) in [4.78, 5) is 16.6. The minimum atomic E-state index is -0.0451. The van der Waals surface area contributed by atoms with Crippen molar-refractivity contribution >= 4 is 51.8 Å². The second-order valence-electron chi connectivity index (χ2n) is 6.01. The fraction of sp³-hybridized carbons (Fsp3) is 0.556. The van der Waals surface area contributed by atoms with Crippen molar-refractivity contribution in [1.82, 2.24) is 16.0 Å². The molecule has 140 valence electrons. The lowest BCUT2D eigenvalue weighted by Gasteiger charge is -2.16. The molecule has 3 N–H and O–H groups in total. The van der Waals surface area contributed by atoms with Crippen LogP contribution in [0, 0.1) is 0 Å². The number of amides is 1. The summed E-state index contributed by atoms with van der Waals surface area (Å²) in [6, 6.07) is 7.96. The molecule has 0 heterocycles. The molecule has 0 spiro atoms. The van der Waals surface area contributed by atoms with Crippen LogP contribution in [-0.2, 0) is 0 Å². The Bertz CT molecular complexity index is 562. The van der Waals surface area contributed by atoms with Gasteiger partial charge >= 0.3 is 0 Å². The highest BCUT2D eigenvalue weighted by molar-refractivity contribution is 14.0. The molecule has 1 aromatic rings. The maximum atomic E-state index is 12.0. The molecule has 1 amide bonds. The summed E-state index contributed by atoms with van der Waals surface area (Å²) < 4.78 is 0.910. The molecular formula is C18H28BrIN4O. The Morgan fingerprint density at radius 3 is 2.72 bits per heavy atom. The van der Waals surface area contributed by atoms with E-state index in [1.165, 1.54) is 25.7 Å². The summed E-state index contributed by atoms with van der Waals surface area (Å²) in [5, 5.41) is 9.72. The molecule has 25 heavy (non-hydrogen) atoms. The van der Waals surface area contributed by atoms with Gasteiger partial charge in [0.05, 0.1) is 0 Å². The molecule has 0 aliphatic heterocycles. The number of carbonyl (C=O) groups is 1. The van der Waals surface area contributed by atoms with E-state index < -0.39 is 0 Å². The summed E-state index contributed by atoms with van der Waals surface area (Å²) in [5.74, 6) is 0.846. The Balaban J connectivity index is 0.00000312. The molecule has 0 saturated heterocycles. The molecular weight excluding hydrogens is 495 g/mol. The molecule has 0 aromatic heterocycles. The van der Waals surface area contributed by atoms with Gasteiger partial charge in [0.25, 0.3) is 5.91 Å². The Kier molecular flexibility index (Phi) is 11.1. The van der Waals surface area contributed by atoms with Gasteiger partial charge in [-0.1, -0.05) is 34.8 Å². The average Bonchev–Trinajstić information content (AvgIpc) is 3.07. The van der Waals surface area contributed by atoms with E-state index in [1.54, 1.807) is 0 Å². The molecule has 0 bridgehead atoms. The van der Waals surface area contributed by atoms with Crippen LogP contribution in [-0.4, -0.2) is 37.5 Å². The van der Waals surface area contributed by atoms with Gasteiger partial charge in [0.15, 0.2) is 5.96 Å². The highest BCUT2D eigenvalue weighted by atomic mass is 127. The van der Waals surface area contributed by atoms with Crippen LogP contribution < -0.4 is 16.0 Å². The van der Waals surface area contributed by atoms with Gasteiger partial charge in [0.1, 0.15) is 0 Å². The van der Waals surface area contributed by atoms with Gasteiger partial charge < -0.3 is 16.0 Å². The standard InChI is InChI=1S/C18H27BrN4O.HI/c1-2-20-18(23-16-9-3-4-10-16)22-12-6-11-21-17(24)14-7-5-8-15(19)13-14;/h5,7-8,13,16H,2-4,6,9-12H2,1H3,(H,21,24)(H2,20,22,23);1H. The predicted molar refractivity (Wildman–Crippen MR) is 118 cm³/mol. The quantitative estimate of drug-likeness (QED) is 0.221. The van der Waals surface area contributed by atoms with Crippen molar-refractivity contribution in [2.24, 2.45) is 4.99 Å². The first-order valence-corrected chi connectivity index (χ1v) is 9.57. The van der Waals surface area contributed by atoms with E-state index in [9.17, 15) is 4.79 Å². The third-order valence-electron chi connectivity index (χ3n) is 4.02. The summed E-state index contributed by atoms with van der Waals surface area (Å²) in [6.45, 7) is 4.25. The van der Waals surface area contributed by atoms with Crippen molar-refractivity contribution in [2.75, 3.05) is 19.6 Å². The molecule has 1 fully saturated rings. The van der Waals surface area contributed by atoms with E-state index in [4.69, 9.17) is 0 Å². The van der Waals surface area contributed by atoms with Crippen molar-refractivity contribution in [1.29, 1.82) is 0 Å². The minimum Gasteiger partial charge on any atom is -0.357 e. The summed E-state index contributed by atoms with van der Waals surface area (Å²) >= 11 is 3.38.